The third-order valence-corrected chi connectivity index (χ3v) is 3.67. The zero-order chi connectivity index (χ0) is 19.4. The minimum Gasteiger partial charge on any atom is -0.454 e. The maximum atomic E-state index is 12.7. The lowest BCUT2D eigenvalue weighted by Gasteiger charge is -2.08. The lowest BCUT2D eigenvalue weighted by molar-refractivity contribution is -0.138. The van der Waals surface area contributed by atoms with Gasteiger partial charge in [0.25, 0.3) is 0 Å². The normalized spacial score (nSPS) is 13.0. The molecule has 3 rings (SSSR count). The van der Waals surface area contributed by atoms with Crippen LogP contribution in [0.5, 0.6) is 11.5 Å². The van der Waals surface area contributed by atoms with Gasteiger partial charge in [-0.15, -0.1) is 0 Å². The van der Waals surface area contributed by atoms with Gasteiger partial charge in [-0.25, -0.2) is 4.79 Å². The zero-order valence-corrected chi connectivity index (χ0v) is 13.8. The molecule has 0 bridgehead atoms. The second-order valence-electron chi connectivity index (χ2n) is 5.56. The number of hydrogen-bond donors (Lipinski definition) is 0. The topological polar surface area (TPSA) is 61.8 Å². The van der Waals surface area contributed by atoms with Crippen LogP contribution in [-0.2, 0) is 15.7 Å². The highest BCUT2D eigenvalue weighted by Gasteiger charge is 2.30. The smallest absolute Gasteiger partial charge is 0.416 e. The van der Waals surface area contributed by atoms with E-state index in [9.17, 15) is 22.8 Å². The molecule has 1 aliphatic heterocycles. The summed E-state index contributed by atoms with van der Waals surface area (Å²) in [6.07, 6.45) is -1.99. The van der Waals surface area contributed by atoms with E-state index in [0.29, 0.717) is 17.1 Å². The lowest BCUT2D eigenvalue weighted by Crippen LogP contribution is -2.14. The first-order chi connectivity index (χ1) is 12.8. The van der Waals surface area contributed by atoms with Crippen LogP contribution < -0.4 is 9.47 Å². The molecule has 0 fully saturated rings. The highest BCUT2D eigenvalue weighted by molar-refractivity contribution is 5.99. The van der Waals surface area contributed by atoms with Crippen LogP contribution in [0.1, 0.15) is 21.5 Å². The number of esters is 1. The molecule has 0 unspecified atom stereocenters. The van der Waals surface area contributed by atoms with Gasteiger partial charge in [0.1, 0.15) is 0 Å². The SMILES string of the molecule is O=C(/C=C/c1ccc2c(c1)OCO2)OCC(=O)c1cccc(C(F)(F)F)c1. The van der Waals surface area contributed by atoms with Crippen molar-refractivity contribution in [1.29, 1.82) is 0 Å². The van der Waals surface area contributed by atoms with Gasteiger partial charge in [0.05, 0.1) is 5.56 Å². The van der Waals surface area contributed by atoms with Gasteiger partial charge < -0.3 is 14.2 Å². The quantitative estimate of drug-likeness (QED) is 0.449. The summed E-state index contributed by atoms with van der Waals surface area (Å²) in [6.45, 7) is -0.534. The van der Waals surface area contributed by atoms with E-state index in [2.05, 4.69) is 0 Å². The van der Waals surface area contributed by atoms with E-state index in [-0.39, 0.29) is 12.4 Å². The molecule has 0 spiro atoms. The van der Waals surface area contributed by atoms with Crippen LogP contribution in [-0.4, -0.2) is 25.2 Å². The van der Waals surface area contributed by atoms with E-state index in [1.165, 1.54) is 12.1 Å². The Morgan fingerprint density at radius 3 is 2.63 bits per heavy atom. The maximum absolute atomic E-state index is 12.7. The first-order valence-electron chi connectivity index (χ1n) is 7.78. The number of carbonyl (C=O) groups is 2. The Labute approximate surface area is 152 Å². The first-order valence-corrected chi connectivity index (χ1v) is 7.78. The summed E-state index contributed by atoms with van der Waals surface area (Å²) in [4.78, 5) is 23.6. The van der Waals surface area contributed by atoms with Crippen LogP contribution in [0.4, 0.5) is 13.2 Å². The Hall–Kier alpha value is -3.29. The van der Waals surface area contributed by atoms with Gasteiger partial charge in [-0.05, 0) is 35.9 Å². The highest BCUT2D eigenvalue weighted by Crippen LogP contribution is 2.33. The fraction of sp³-hybridized carbons (Fsp3) is 0.158. The summed E-state index contributed by atoms with van der Waals surface area (Å²) < 4.78 is 53.2. The van der Waals surface area contributed by atoms with Gasteiger partial charge in [0, 0.05) is 11.6 Å². The zero-order valence-electron chi connectivity index (χ0n) is 13.8. The standard InChI is InChI=1S/C19H13F3O5/c20-19(21,22)14-3-1-2-13(9-14)15(23)10-25-18(24)7-5-12-4-6-16-17(8-12)27-11-26-16/h1-9H,10-11H2/b7-5+. The molecule has 140 valence electrons. The molecular weight excluding hydrogens is 365 g/mol. The third kappa shape index (κ3) is 4.66. The molecule has 0 aliphatic carbocycles. The number of ether oxygens (including phenoxy) is 3. The molecule has 8 heteroatoms. The summed E-state index contributed by atoms with van der Waals surface area (Å²) in [5.74, 6) is -0.384. The number of benzene rings is 2. The van der Waals surface area contributed by atoms with Crippen molar-refractivity contribution in [1.82, 2.24) is 0 Å². The molecule has 0 N–H and O–H groups in total. The number of carbonyl (C=O) groups excluding carboxylic acids is 2. The number of alkyl halides is 3. The van der Waals surface area contributed by atoms with Crippen LogP contribution in [0.2, 0.25) is 0 Å². The molecule has 0 aromatic heterocycles. The Bertz CT molecular complexity index is 902. The van der Waals surface area contributed by atoms with E-state index in [0.717, 1.165) is 24.3 Å². The van der Waals surface area contributed by atoms with Crippen LogP contribution in [0, 0.1) is 0 Å². The Kier molecular flexibility index (Phi) is 5.16. The van der Waals surface area contributed by atoms with Crippen molar-refractivity contribution < 1.29 is 37.0 Å². The van der Waals surface area contributed by atoms with Crippen LogP contribution in [0.25, 0.3) is 6.08 Å². The van der Waals surface area contributed by atoms with Crippen molar-refractivity contribution in [2.75, 3.05) is 13.4 Å². The number of ketones is 1. The third-order valence-electron chi connectivity index (χ3n) is 3.67. The number of Topliss-reactive ketones (excluding diaryl/α,β-unsaturated/α-hetero) is 1. The summed E-state index contributed by atoms with van der Waals surface area (Å²) in [5, 5.41) is 0. The molecule has 27 heavy (non-hydrogen) atoms. The second kappa shape index (κ2) is 7.53. The summed E-state index contributed by atoms with van der Waals surface area (Å²) in [7, 11) is 0. The first kappa shape index (κ1) is 18.5. The number of halogens is 3. The average molecular weight is 378 g/mol. The van der Waals surface area contributed by atoms with Gasteiger partial charge in [-0.3, -0.25) is 4.79 Å². The molecular formula is C19H13F3O5. The molecule has 1 aliphatic rings. The molecule has 0 saturated carbocycles. The van der Waals surface area contributed by atoms with Crippen LogP contribution >= 0.6 is 0 Å². The van der Waals surface area contributed by atoms with Gasteiger partial charge in [0.2, 0.25) is 6.79 Å². The molecule has 5 nitrogen and oxygen atoms in total. The van der Waals surface area contributed by atoms with E-state index < -0.39 is 30.1 Å². The van der Waals surface area contributed by atoms with Crippen molar-refractivity contribution in [2.45, 2.75) is 6.18 Å². The van der Waals surface area contributed by atoms with Crippen molar-refractivity contribution in [3.8, 4) is 11.5 Å². The van der Waals surface area contributed by atoms with Crippen molar-refractivity contribution >= 4 is 17.8 Å². The Morgan fingerprint density at radius 1 is 1.07 bits per heavy atom. The van der Waals surface area contributed by atoms with E-state index in [4.69, 9.17) is 14.2 Å². The van der Waals surface area contributed by atoms with Gasteiger partial charge in [0.15, 0.2) is 23.9 Å². The fourth-order valence-corrected chi connectivity index (χ4v) is 2.32. The molecule has 2 aromatic rings. The minimum absolute atomic E-state index is 0.127. The minimum atomic E-state index is -4.56. The molecule has 1 heterocycles. The predicted octanol–water partition coefficient (Wildman–Crippen LogP) is 3.87. The average Bonchev–Trinajstić information content (AvgIpc) is 3.11. The van der Waals surface area contributed by atoms with Crippen molar-refractivity contribution in [2.24, 2.45) is 0 Å². The number of fused-ring (bicyclic) bond motifs is 1. The Balaban J connectivity index is 1.56. The van der Waals surface area contributed by atoms with Gasteiger partial charge in [-0.1, -0.05) is 18.2 Å². The van der Waals surface area contributed by atoms with Crippen LogP contribution in [0.15, 0.2) is 48.5 Å². The number of rotatable bonds is 5. The van der Waals surface area contributed by atoms with Gasteiger partial charge in [-0.2, -0.15) is 13.2 Å². The molecule has 2 aromatic carbocycles. The molecule has 0 saturated heterocycles. The summed E-state index contributed by atoms with van der Waals surface area (Å²) in [5.41, 5.74) is -0.472. The maximum Gasteiger partial charge on any atom is 0.416 e. The number of hydrogen-bond acceptors (Lipinski definition) is 5. The summed E-state index contributed by atoms with van der Waals surface area (Å²) in [6, 6.07) is 8.98. The molecule has 0 atom stereocenters. The largest absolute Gasteiger partial charge is 0.454 e. The highest BCUT2D eigenvalue weighted by atomic mass is 19.4. The fourth-order valence-electron chi connectivity index (χ4n) is 2.32. The van der Waals surface area contributed by atoms with Crippen molar-refractivity contribution in [3.63, 3.8) is 0 Å². The van der Waals surface area contributed by atoms with Crippen LogP contribution in [0.3, 0.4) is 0 Å². The lowest BCUT2D eigenvalue weighted by atomic mass is 10.1. The van der Waals surface area contributed by atoms with E-state index in [1.807, 2.05) is 0 Å². The van der Waals surface area contributed by atoms with E-state index >= 15 is 0 Å². The second-order valence-corrected chi connectivity index (χ2v) is 5.56. The molecule has 0 amide bonds. The summed E-state index contributed by atoms with van der Waals surface area (Å²) >= 11 is 0. The van der Waals surface area contributed by atoms with Crippen molar-refractivity contribution in [3.05, 3.63) is 65.2 Å². The van der Waals surface area contributed by atoms with Gasteiger partial charge >= 0.3 is 12.1 Å². The predicted molar refractivity (Wildman–Crippen MR) is 88.3 cm³/mol. The monoisotopic (exact) mass is 378 g/mol. The molecule has 0 radical (unpaired) electrons. The van der Waals surface area contributed by atoms with E-state index in [1.54, 1.807) is 18.2 Å². The Morgan fingerprint density at radius 2 is 1.85 bits per heavy atom.